The van der Waals surface area contributed by atoms with E-state index in [0.29, 0.717) is 25.4 Å². The van der Waals surface area contributed by atoms with E-state index in [-0.39, 0.29) is 6.04 Å². The molecule has 1 aliphatic heterocycles. The van der Waals surface area contributed by atoms with Crippen LogP contribution in [0.3, 0.4) is 0 Å². The average Bonchev–Trinajstić information content (AvgIpc) is 2.35. The highest BCUT2D eigenvalue weighted by atomic mass is 32.2. The highest BCUT2D eigenvalue weighted by Gasteiger charge is 2.21. The van der Waals surface area contributed by atoms with E-state index in [9.17, 15) is 9.59 Å². The molecule has 18 heavy (non-hydrogen) atoms. The Hall–Kier alpha value is -0.950. The van der Waals surface area contributed by atoms with Crippen LogP contribution in [0.15, 0.2) is 0 Å². The van der Waals surface area contributed by atoms with Crippen molar-refractivity contribution in [2.75, 3.05) is 25.2 Å². The molecule has 3 N–H and O–H groups in total. The zero-order chi connectivity index (χ0) is 13.4. The van der Waals surface area contributed by atoms with Crippen LogP contribution in [0.4, 0.5) is 4.79 Å². The van der Waals surface area contributed by atoms with Crippen LogP contribution in [-0.2, 0) is 9.53 Å². The molecule has 0 bridgehead atoms. The van der Waals surface area contributed by atoms with Crippen molar-refractivity contribution in [1.82, 2.24) is 10.6 Å². The van der Waals surface area contributed by atoms with Gasteiger partial charge in [-0.1, -0.05) is 0 Å². The molecule has 0 aromatic heterocycles. The first-order chi connectivity index (χ1) is 8.63. The normalized spacial score (nSPS) is 18.1. The second-order valence-electron chi connectivity index (χ2n) is 4.18. The molecule has 104 valence electrons. The third kappa shape index (κ3) is 5.59. The van der Waals surface area contributed by atoms with Crippen LogP contribution in [0.5, 0.6) is 0 Å². The molecule has 1 heterocycles. The Bertz CT molecular complexity index is 282. The van der Waals surface area contributed by atoms with Gasteiger partial charge in [0.1, 0.15) is 6.04 Å². The van der Waals surface area contributed by atoms with E-state index in [4.69, 9.17) is 9.84 Å². The van der Waals surface area contributed by atoms with E-state index in [1.54, 1.807) is 11.8 Å². The Morgan fingerprint density at radius 1 is 1.44 bits per heavy atom. The Balaban J connectivity index is 2.32. The van der Waals surface area contributed by atoms with Crippen molar-refractivity contribution < 1.29 is 19.4 Å². The summed E-state index contributed by atoms with van der Waals surface area (Å²) in [4.78, 5) is 22.6. The highest BCUT2D eigenvalue weighted by molar-refractivity contribution is 7.98. The van der Waals surface area contributed by atoms with Crippen molar-refractivity contribution in [1.29, 1.82) is 0 Å². The van der Waals surface area contributed by atoms with E-state index >= 15 is 0 Å². The van der Waals surface area contributed by atoms with Gasteiger partial charge in [0.25, 0.3) is 0 Å². The summed E-state index contributed by atoms with van der Waals surface area (Å²) >= 11 is 1.56. The number of hydrogen-bond acceptors (Lipinski definition) is 4. The van der Waals surface area contributed by atoms with Gasteiger partial charge in [-0.3, -0.25) is 0 Å². The summed E-state index contributed by atoms with van der Waals surface area (Å²) in [6.07, 6.45) is 3.88. The molecular weight excluding hydrogens is 256 g/mol. The van der Waals surface area contributed by atoms with Crippen molar-refractivity contribution in [3.63, 3.8) is 0 Å². The molecular formula is C11H20N2O4S. The van der Waals surface area contributed by atoms with Crippen molar-refractivity contribution in [3.05, 3.63) is 0 Å². The fraction of sp³-hybridized carbons (Fsp3) is 0.818. The molecule has 0 saturated carbocycles. The molecule has 1 rings (SSSR count). The molecule has 0 aliphatic carbocycles. The maximum atomic E-state index is 11.7. The van der Waals surface area contributed by atoms with Crippen LogP contribution in [-0.4, -0.2) is 54.4 Å². The van der Waals surface area contributed by atoms with Gasteiger partial charge in [-0.2, -0.15) is 11.8 Å². The first kappa shape index (κ1) is 15.1. The molecule has 6 nitrogen and oxygen atoms in total. The number of carbonyl (C=O) groups excluding carboxylic acids is 1. The van der Waals surface area contributed by atoms with Crippen LogP contribution < -0.4 is 10.6 Å². The zero-order valence-corrected chi connectivity index (χ0v) is 11.3. The lowest BCUT2D eigenvalue weighted by molar-refractivity contribution is -0.139. The standard InChI is InChI=1S/C11H20N2O4S/c1-18-7-4-9(10(14)15)13-11(16)12-8-2-5-17-6-3-8/h8-9H,2-7H2,1H3,(H,14,15)(H2,12,13,16)/t9-/m0/s1. The average molecular weight is 276 g/mol. The predicted octanol–water partition coefficient (Wildman–Crippen LogP) is 0.671. The van der Waals surface area contributed by atoms with Crippen LogP contribution in [0.2, 0.25) is 0 Å². The SMILES string of the molecule is CSCC[C@H](NC(=O)NC1CCOCC1)C(=O)O. The Kier molecular flexibility index (Phi) is 6.89. The maximum absolute atomic E-state index is 11.7. The molecule has 0 aromatic carbocycles. The van der Waals surface area contributed by atoms with Crippen LogP contribution in [0.1, 0.15) is 19.3 Å². The molecule has 0 aromatic rings. The fourth-order valence-corrected chi connectivity index (χ4v) is 2.19. The number of carbonyl (C=O) groups is 2. The van der Waals surface area contributed by atoms with Gasteiger partial charge < -0.3 is 20.5 Å². The van der Waals surface area contributed by atoms with E-state index in [1.165, 1.54) is 0 Å². The largest absolute Gasteiger partial charge is 0.480 e. The summed E-state index contributed by atoms with van der Waals surface area (Å²) in [6, 6.07) is -1.15. The van der Waals surface area contributed by atoms with Crippen LogP contribution >= 0.6 is 11.8 Å². The fourth-order valence-electron chi connectivity index (χ4n) is 1.72. The molecule has 1 atom stereocenters. The summed E-state index contributed by atoms with van der Waals surface area (Å²) in [5.74, 6) is -0.291. The lowest BCUT2D eigenvalue weighted by Gasteiger charge is -2.24. The second-order valence-corrected chi connectivity index (χ2v) is 5.16. The van der Waals surface area contributed by atoms with E-state index in [0.717, 1.165) is 12.8 Å². The molecule has 1 fully saturated rings. The number of ether oxygens (including phenoxy) is 1. The topological polar surface area (TPSA) is 87.7 Å². The van der Waals surface area contributed by atoms with Gasteiger partial charge in [-0.05, 0) is 31.3 Å². The second kappa shape index (κ2) is 8.20. The van der Waals surface area contributed by atoms with Gasteiger partial charge >= 0.3 is 12.0 Å². The number of carboxylic acid groups (broad SMARTS) is 1. The number of hydrogen-bond donors (Lipinski definition) is 3. The summed E-state index contributed by atoms with van der Waals surface area (Å²) in [5, 5.41) is 14.3. The molecule has 0 radical (unpaired) electrons. The summed E-state index contributed by atoms with van der Waals surface area (Å²) in [5.41, 5.74) is 0. The van der Waals surface area contributed by atoms with Gasteiger partial charge in [0.2, 0.25) is 0 Å². The molecule has 0 spiro atoms. The monoisotopic (exact) mass is 276 g/mol. The third-order valence-electron chi connectivity index (χ3n) is 2.77. The smallest absolute Gasteiger partial charge is 0.326 e. The first-order valence-corrected chi connectivity index (χ1v) is 7.39. The minimum atomic E-state index is -0.994. The molecule has 7 heteroatoms. The van der Waals surface area contributed by atoms with Gasteiger partial charge in [0.05, 0.1) is 0 Å². The Morgan fingerprint density at radius 3 is 2.67 bits per heavy atom. The summed E-state index contributed by atoms with van der Waals surface area (Å²) < 4.78 is 5.19. The van der Waals surface area contributed by atoms with Crippen molar-refractivity contribution in [2.45, 2.75) is 31.3 Å². The molecule has 2 amide bonds. The van der Waals surface area contributed by atoms with Gasteiger partial charge in [0, 0.05) is 19.3 Å². The van der Waals surface area contributed by atoms with E-state index in [1.807, 2.05) is 6.26 Å². The minimum Gasteiger partial charge on any atom is -0.480 e. The number of urea groups is 1. The Morgan fingerprint density at radius 2 is 2.11 bits per heavy atom. The number of aliphatic carboxylic acids is 1. The van der Waals surface area contributed by atoms with Crippen LogP contribution in [0.25, 0.3) is 0 Å². The van der Waals surface area contributed by atoms with Gasteiger partial charge in [-0.25, -0.2) is 9.59 Å². The summed E-state index contributed by atoms with van der Waals surface area (Å²) in [6.45, 7) is 1.28. The van der Waals surface area contributed by atoms with Gasteiger partial charge in [-0.15, -0.1) is 0 Å². The van der Waals surface area contributed by atoms with Gasteiger partial charge in [0.15, 0.2) is 0 Å². The maximum Gasteiger partial charge on any atom is 0.326 e. The quantitative estimate of drug-likeness (QED) is 0.663. The van der Waals surface area contributed by atoms with Crippen LogP contribution in [0, 0.1) is 0 Å². The number of carboxylic acids is 1. The van der Waals surface area contributed by atoms with E-state index < -0.39 is 18.0 Å². The predicted molar refractivity (Wildman–Crippen MR) is 69.9 cm³/mol. The summed E-state index contributed by atoms with van der Waals surface area (Å²) in [7, 11) is 0. The first-order valence-electron chi connectivity index (χ1n) is 6.00. The van der Waals surface area contributed by atoms with Crippen molar-refractivity contribution >= 4 is 23.8 Å². The number of nitrogens with one attached hydrogen (secondary N) is 2. The van der Waals surface area contributed by atoms with Crippen molar-refractivity contribution in [2.24, 2.45) is 0 Å². The lowest BCUT2D eigenvalue weighted by atomic mass is 10.1. The molecule has 1 saturated heterocycles. The zero-order valence-electron chi connectivity index (χ0n) is 10.5. The number of thioether (sulfide) groups is 1. The Labute approximate surface area is 111 Å². The van der Waals surface area contributed by atoms with E-state index in [2.05, 4.69) is 10.6 Å². The molecule has 1 aliphatic rings. The van der Waals surface area contributed by atoms with Crippen molar-refractivity contribution in [3.8, 4) is 0 Å². The lowest BCUT2D eigenvalue weighted by Crippen LogP contribution is -2.50. The number of amides is 2. The third-order valence-corrected chi connectivity index (χ3v) is 3.41. The minimum absolute atomic E-state index is 0.0775. The molecule has 0 unspecified atom stereocenters. The number of rotatable bonds is 6. The highest BCUT2D eigenvalue weighted by Crippen LogP contribution is 2.06.